The normalized spacial score (nSPS) is 13.7. The fourth-order valence-corrected chi connectivity index (χ4v) is 5.89. The lowest BCUT2D eigenvalue weighted by Gasteiger charge is -2.29. The zero-order chi connectivity index (χ0) is 29.9. The second kappa shape index (κ2) is 15.4. The molecule has 0 saturated carbocycles. The number of nitrogens with zero attached hydrogens (tertiary/aromatic N) is 2. The number of rotatable bonds is 16. The predicted molar refractivity (Wildman–Crippen MR) is 148 cm³/mol. The Morgan fingerprint density at radius 1 is 1.05 bits per heavy atom. The number of amides is 1. The highest BCUT2D eigenvalue weighted by atomic mass is 32.2. The van der Waals surface area contributed by atoms with Crippen molar-refractivity contribution in [2.45, 2.75) is 64.4 Å². The van der Waals surface area contributed by atoms with Crippen molar-refractivity contribution in [2.75, 3.05) is 32.5 Å². The number of carbonyl (C=O) groups is 1. The van der Waals surface area contributed by atoms with Gasteiger partial charge in [0, 0.05) is 38.6 Å². The minimum atomic E-state index is -4.51. The topological polar surface area (TPSA) is 113 Å². The van der Waals surface area contributed by atoms with Gasteiger partial charge in [0.25, 0.3) is 0 Å². The molecule has 2 aromatic rings. The number of ether oxygens (including phenoxy) is 1. The Hall–Kier alpha value is -2.67. The van der Waals surface area contributed by atoms with Gasteiger partial charge in [0.05, 0.1) is 24.5 Å². The van der Waals surface area contributed by atoms with Crippen molar-refractivity contribution in [3.8, 4) is 5.75 Å². The summed E-state index contributed by atoms with van der Waals surface area (Å²) >= 11 is 0. The summed E-state index contributed by atoms with van der Waals surface area (Å²) in [5.74, 6) is -0.318. The van der Waals surface area contributed by atoms with Gasteiger partial charge in [0.15, 0.2) is 0 Å². The Kier molecular flexibility index (Phi) is 12.9. The molecule has 0 aliphatic rings. The highest BCUT2D eigenvalue weighted by Gasteiger charge is 2.31. The molecule has 2 rings (SSSR count). The van der Waals surface area contributed by atoms with E-state index in [9.17, 15) is 31.5 Å². The van der Waals surface area contributed by atoms with Crippen LogP contribution in [0.1, 0.15) is 49.8 Å². The number of sulfonamides is 1. The first-order valence-electron chi connectivity index (χ1n) is 13.3. The zero-order valence-corrected chi connectivity index (χ0v) is 24.0. The molecule has 12 heteroatoms. The molecule has 0 saturated heterocycles. The summed E-state index contributed by atoms with van der Waals surface area (Å²) in [7, 11) is -2.17. The van der Waals surface area contributed by atoms with E-state index in [0.717, 1.165) is 12.1 Å². The van der Waals surface area contributed by atoms with E-state index in [-0.39, 0.29) is 31.7 Å². The van der Waals surface area contributed by atoms with E-state index in [1.54, 1.807) is 24.3 Å². The van der Waals surface area contributed by atoms with Crippen molar-refractivity contribution in [1.82, 2.24) is 9.21 Å². The van der Waals surface area contributed by atoms with E-state index in [0.29, 0.717) is 42.8 Å². The molecule has 1 amide bonds. The van der Waals surface area contributed by atoms with Gasteiger partial charge in [-0.05, 0) is 48.6 Å². The van der Waals surface area contributed by atoms with Crippen molar-refractivity contribution in [2.24, 2.45) is 5.73 Å². The van der Waals surface area contributed by atoms with Crippen molar-refractivity contribution < 1.29 is 36.2 Å². The highest BCUT2D eigenvalue weighted by Crippen LogP contribution is 2.29. The quantitative estimate of drug-likeness (QED) is 0.309. The molecule has 0 spiro atoms. The minimum absolute atomic E-state index is 0.0519. The lowest BCUT2D eigenvalue weighted by atomic mass is 9.99. The van der Waals surface area contributed by atoms with Crippen LogP contribution in [0.3, 0.4) is 0 Å². The minimum Gasteiger partial charge on any atom is -0.497 e. The van der Waals surface area contributed by atoms with Crippen LogP contribution in [-0.2, 0) is 34.0 Å². The molecule has 2 atom stereocenters. The van der Waals surface area contributed by atoms with Crippen molar-refractivity contribution >= 4 is 15.9 Å². The summed E-state index contributed by atoms with van der Waals surface area (Å²) in [6.07, 6.45) is -4.86. The smallest absolute Gasteiger partial charge is 0.416 e. The van der Waals surface area contributed by atoms with Crippen LogP contribution in [-0.4, -0.2) is 73.3 Å². The third-order valence-electron chi connectivity index (χ3n) is 6.40. The van der Waals surface area contributed by atoms with E-state index in [1.165, 1.54) is 28.4 Å². The van der Waals surface area contributed by atoms with E-state index in [1.807, 2.05) is 13.8 Å². The summed E-state index contributed by atoms with van der Waals surface area (Å²) in [5, 5.41) is 10.9. The molecule has 0 unspecified atom stereocenters. The lowest BCUT2D eigenvalue weighted by Crippen LogP contribution is -2.46. The number of aliphatic hydroxyl groups is 1. The molecule has 0 aliphatic heterocycles. The zero-order valence-electron chi connectivity index (χ0n) is 23.2. The number of aliphatic hydroxyl groups excluding tert-OH is 1. The fourth-order valence-electron chi connectivity index (χ4n) is 4.28. The first kappa shape index (κ1) is 33.5. The summed E-state index contributed by atoms with van der Waals surface area (Å²) in [4.78, 5) is 14.6. The van der Waals surface area contributed by atoms with Crippen LogP contribution in [0.15, 0.2) is 48.5 Å². The van der Waals surface area contributed by atoms with Crippen molar-refractivity contribution in [3.05, 3.63) is 65.2 Å². The largest absolute Gasteiger partial charge is 0.497 e. The number of alkyl halides is 3. The highest BCUT2D eigenvalue weighted by molar-refractivity contribution is 7.89. The molecule has 8 nitrogen and oxygen atoms in total. The molecule has 0 fully saturated rings. The van der Waals surface area contributed by atoms with Crippen LogP contribution in [0.25, 0.3) is 0 Å². The van der Waals surface area contributed by atoms with Gasteiger partial charge < -0.3 is 20.5 Å². The molecule has 224 valence electrons. The number of hydrogen-bond donors (Lipinski definition) is 2. The molecule has 2 aromatic carbocycles. The first-order valence-corrected chi connectivity index (χ1v) is 14.9. The number of halogens is 3. The standard InChI is InChI=1S/C28H40F3N3O5S/c1-4-13-34(14-5-2)40(37,38)15-12-27(36)33(19-22-9-7-11-24(17-22)39-3)20-26(35)25(32)18-21-8-6-10-23(16-21)28(29,30)31/h6-11,16-17,25-26,35H,4-5,12-15,18-20,32H2,1-3H3/t25-,26+/m0/s1. The van der Waals surface area contributed by atoms with Gasteiger partial charge in [-0.1, -0.05) is 44.2 Å². The summed E-state index contributed by atoms with van der Waals surface area (Å²) in [6, 6.07) is 10.7. The van der Waals surface area contributed by atoms with Gasteiger partial charge >= 0.3 is 6.18 Å². The fraction of sp³-hybridized carbons (Fsp3) is 0.536. The maximum atomic E-state index is 13.3. The van der Waals surface area contributed by atoms with Crippen LogP contribution >= 0.6 is 0 Å². The molecule has 0 aliphatic carbocycles. The van der Waals surface area contributed by atoms with Gasteiger partial charge in [-0.15, -0.1) is 0 Å². The Labute approximate surface area is 235 Å². The third kappa shape index (κ3) is 10.4. The molecule has 0 heterocycles. The predicted octanol–water partition coefficient (Wildman–Crippen LogP) is 3.82. The third-order valence-corrected chi connectivity index (χ3v) is 8.27. The number of hydrogen-bond acceptors (Lipinski definition) is 6. The SMILES string of the molecule is CCCN(CCC)S(=O)(=O)CCC(=O)N(Cc1cccc(OC)c1)C[C@@H](O)[C@@H](N)Cc1cccc(C(F)(F)F)c1. The lowest BCUT2D eigenvalue weighted by molar-refractivity contribution is -0.137. The molecular weight excluding hydrogens is 547 g/mol. The van der Waals surface area contributed by atoms with E-state index in [2.05, 4.69) is 0 Å². The van der Waals surface area contributed by atoms with Gasteiger partial charge in [-0.2, -0.15) is 13.2 Å². The number of benzene rings is 2. The van der Waals surface area contributed by atoms with Crippen LogP contribution in [0, 0.1) is 0 Å². The van der Waals surface area contributed by atoms with Crippen LogP contribution in [0.4, 0.5) is 13.2 Å². The van der Waals surface area contributed by atoms with Gasteiger partial charge in [0.1, 0.15) is 5.75 Å². The Balaban J connectivity index is 2.20. The molecule has 0 bridgehead atoms. The molecular formula is C28H40F3N3O5S. The van der Waals surface area contributed by atoms with Crippen molar-refractivity contribution in [1.29, 1.82) is 0 Å². The van der Waals surface area contributed by atoms with Crippen molar-refractivity contribution in [3.63, 3.8) is 0 Å². The summed E-state index contributed by atoms with van der Waals surface area (Å²) < 4.78 is 71.7. The van der Waals surface area contributed by atoms with Crippen LogP contribution < -0.4 is 10.5 Å². The van der Waals surface area contributed by atoms with Crippen LogP contribution in [0.5, 0.6) is 5.75 Å². The first-order chi connectivity index (χ1) is 18.8. The molecule has 0 radical (unpaired) electrons. The number of methoxy groups -OCH3 is 1. The monoisotopic (exact) mass is 587 g/mol. The molecule has 40 heavy (non-hydrogen) atoms. The summed E-state index contributed by atoms with van der Waals surface area (Å²) in [6.45, 7) is 4.30. The maximum absolute atomic E-state index is 13.3. The van der Waals surface area contributed by atoms with Crippen LogP contribution in [0.2, 0.25) is 0 Å². The number of carbonyl (C=O) groups excluding carboxylic acids is 1. The van der Waals surface area contributed by atoms with Gasteiger partial charge in [0.2, 0.25) is 15.9 Å². The second-order valence-corrected chi connectivity index (χ2v) is 11.8. The van der Waals surface area contributed by atoms with E-state index < -0.39 is 39.8 Å². The molecule has 0 aromatic heterocycles. The summed E-state index contributed by atoms with van der Waals surface area (Å²) in [5.41, 5.74) is 6.32. The molecule has 3 N–H and O–H groups in total. The van der Waals surface area contributed by atoms with Gasteiger partial charge in [-0.25, -0.2) is 12.7 Å². The maximum Gasteiger partial charge on any atom is 0.416 e. The average Bonchev–Trinajstić information content (AvgIpc) is 2.91. The van der Waals surface area contributed by atoms with Gasteiger partial charge in [-0.3, -0.25) is 4.79 Å². The number of nitrogens with two attached hydrogens (primary N) is 1. The Bertz CT molecular complexity index is 1190. The second-order valence-electron chi connectivity index (χ2n) is 9.72. The Morgan fingerprint density at radius 3 is 2.27 bits per heavy atom. The Morgan fingerprint density at radius 2 is 1.68 bits per heavy atom. The van der Waals surface area contributed by atoms with E-state index in [4.69, 9.17) is 10.5 Å². The average molecular weight is 588 g/mol. The van der Waals surface area contributed by atoms with E-state index >= 15 is 0 Å².